The number of hydrogen-bond acceptors (Lipinski definition) is 1. The van der Waals surface area contributed by atoms with Gasteiger partial charge in [0, 0.05) is 10.0 Å². The number of aliphatic hydroxyl groups excluding tert-OH is 1. The van der Waals surface area contributed by atoms with Gasteiger partial charge in [-0.25, -0.2) is 0 Å². The third-order valence-corrected chi connectivity index (χ3v) is 3.90. The van der Waals surface area contributed by atoms with E-state index in [0.29, 0.717) is 5.02 Å². The summed E-state index contributed by atoms with van der Waals surface area (Å²) in [5.74, 6) is 0. The highest BCUT2D eigenvalue weighted by atomic mass is 79.9. The van der Waals surface area contributed by atoms with Crippen LogP contribution in [-0.2, 0) is 0 Å². The first-order valence-electron chi connectivity index (χ1n) is 5.28. The van der Waals surface area contributed by atoms with Gasteiger partial charge in [0.25, 0.3) is 0 Å². The summed E-state index contributed by atoms with van der Waals surface area (Å²) in [5, 5.41) is 11.0. The van der Waals surface area contributed by atoms with Crippen LogP contribution in [-0.4, -0.2) is 5.11 Å². The molecule has 0 spiro atoms. The Kier molecular flexibility index (Phi) is 3.87. The molecule has 88 valence electrons. The molecule has 0 heterocycles. The fraction of sp³-hybridized carbons (Fsp3) is 0.143. The van der Waals surface area contributed by atoms with Gasteiger partial charge in [0.15, 0.2) is 0 Å². The van der Waals surface area contributed by atoms with Gasteiger partial charge in [0.2, 0.25) is 0 Å². The summed E-state index contributed by atoms with van der Waals surface area (Å²) in [5.41, 5.74) is 2.51. The zero-order valence-corrected chi connectivity index (χ0v) is 11.7. The fourth-order valence-electron chi connectivity index (χ4n) is 1.73. The van der Waals surface area contributed by atoms with Gasteiger partial charge < -0.3 is 5.11 Å². The van der Waals surface area contributed by atoms with Crippen LogP contribution in [0.25, 0.3) is 0 Å². The standard InChI is InChI=1S/C14H12BrClO/c1-9-7-8-11(15)12(13(9)16)14(17)10-5-3-2-4-6-10/h2-8,14,17H,1H3. The first-order chi connectivity index (χ1) is 8.11. The normalized spacial score (nSPS) is 12.5. The van der Waals surface area contributed by atoms with Gasteiger partial charge in [-0.1, -0.05) is 63.9 Å². The van der Waals surface area contributed by atoms with Gasteiger partial charge in [-0.3, -0.25) is 0 Å². The molecule has 0 aliphatic rings. The average Bonchev–Trinajstić information content (AvgIpc) is 2.35. The van der Waals surface area contributed by atoms with Gasteiger partial charge in [0.05, 0.1) is 5.02 Å². The van der Waals surface area contributed by atoms with Gasteiger partial charge in [-0.05, 0) is 24.1 Å². The summed E-state index contributed by atoms with van der Waals surface area (Å²) < 4.78 is 0.824. The third-order valence-electron chi connectivity index (χ3n) is 2.71. The molecule has 2 rings (SSSR count). The Bertz CT molecular complexity index is 525. The lowest BCUT2D eigenvalue weighted by molar-refractivity contribution is 0.219. The second kappa shape index (κ2) is 5.21. The van der Waals surface area contributed by atoms with Gasteiger partial charge in [0.1, 0.15) is 6.10 Å². The van der Waals surface area contributed by atoms with Gasteiger partial charge >= 0.3 is 0 Å². The molecule has 0 saturated heterocycles. The van der Waals surface area contributed by atoms with Crippen molar-refractivity contribution >= 4 is 27.5 Å². The van der Waals surface area contributed by atoms with E-state index in [0.717, 1.165) is 21.2 Å². The lowest BCUT2D eigenvalue weighted by atomic mass is 10.00. The molecule has 1 unspecified atom stereocenters. The van der Waals surface area contributed by atoms with Crippen molar-refractivity contribution in [1.82, 2.24) is 0 Å². The topological polar surface area (TPSA) is 20.2 Å². The van der Waals surface area contributed by atoms with E-state index in [1.807, 2.05) is 49.4 Å². The maximum absolute atomic E-state index is 10.4. The molecule has 0 fully saturated rings. The highest BCUT2D eigenvalue weighted by Gasteiger charge is 2.18. The minimum atomic E-state index is -0.710. The Hall–Kier alpha value is -0.830. The molecule has 0 saturated carbocycles. The zero-order valence-electron chi connectivity index (χ0n) is 9.32. The Morgan fingerprint density at radius 3 is 2.41 bits per heavy atom. The Morgan fingerprint density at radius 2 is 1.76 bits per heavy atom. The lowest BCUT2D eigenvalue weighted by Gasteiger charge is -2.16. The molecule has 0 aliphatic carbocycles. The largest absolute Gasteiger partial charge is 0.384 e. The summed E-state index contributed by atoms with van der Waals surface area (Å²) in [7, 11) is 0. The molecule has 1 N–H and O–H groups in total. The number of benzene rings is 2. The van der Waals surface area contributed by atoms with Gasteiger partial charge in [-0.2, -0.15) is 0 Å². The highest BCUT2D eigenvalue weighted by molar-refractivity contribution is 9.10. The van der Waals surface area contributed by atoms with E-state index in [2.05, 4.69) is 15.9 Å². The molecule has 3 heteroatoms. The Labute approximate surface area is 114 Å². The molecule has 0 radical (unpaired) electrons. The van der Waals surface area contributed by atoms with Crippen LogP contribution in [0.5, 0.6) is 0 Å². The third kappa shape index (κ3) is 2.54. The average molecular weight is 312 g/mol. The van der Waals surface area contributed by atoms with Crippen LogP contribution in [0.2, 0.25) is 5.02 Å². The van der Waals surface area contributed by atoms with Crippen LogP contribution in [0.3, 0.4) is 0 Å². The predicted octanol–water partition coefficient (Wildman–Crippen LogP) is 4.49. The molecule has 0 bridgehead atoms. The van der Waals surface area contributed by atoms with Crippen molar-refractivity contribution in [2.75, 3.05) is 0 Å². The zero-order chi connectivity index (χ0) is 12.4. The fourth-order valence-corrected chi connectivity index (χ4v) is 2.66. The molecule has 0 amide bonds. The van der Waals surface area contributed by atoms with E-state index in [1.54, 1.807) is 0 Å². The quantitative estimate of drug-likeness (QED) is 0.866. The molecular formula is C14H12BrClO. The summed E-state index contributed by atoms with van der Waals surface area (Å²) in [6.07, 6.45) is -0.710. The van der Waals surface area contributed by atoms with Crippen molar-refractivity contribution in [1.29, 1.82) is 0 Å². The van der Waals surface area contributed by atoms with Crippen LogP contribution in [0.1, 0.15) is 22.8 Å². The predicted molar refractivity (Wildman–Crippen MR) is 74.4 cm³/mol. The smallest absolute Gasteiger partial charge is 0.107 e. The molecule has 0 aromatic heterocycles. The van der Waals surface area contributed by atoms with E-state index in [4.69, 9.17) is 11.6 Å². The van der Waals surface area contributed by atoms with E-state index < -0.39 is 6.10 Å². The van der Waals surface area contributed by atoms with E-state index >= 15 is 0 Å². The maximum Gasteiger partial charge on any atom is 0.107 e. The summed E-state index contributed by atoms with van der Waals surface area (Å²) in [4.78, 5) is 0. The minimum Gasteiger partial charge on any atom is -0.384 e. The highest BCUT2D eigenvalue weighted by Crippen LogP contribution is 2.35. The first-order valence-corrected chi connectivity index (χ1v) is 6.46. The van der Waals surface area contributed by atoms with Crippen molar-refractivity contribution in [2.24, 2.45) is 0 Å². The molecule has 1 nitrogen and oxygen atoms in total. The van der Waals surface area contributed by atoms with E-state index in [1.165, 1.54) is 0 Å². The van der Waals surface area contributed by atoms with Crippen LogP contribution in [0.15, 0.2) is 46.9 Å². The lowest BCUT2D eigenvalue weighted by Crippen LogP contribution is -2.02. The number of aryl methyl sites for hydroxylation is 1. The summed E-state index contributed by atoms with van der Waals surface area (Å²) in [6, 6.07) is 13.3. The van der Waals surface area contributed by atoms with Crippen molar-refractivity contribution in [3.05, 3.63) is 68.7 Å². The molecule has 1 atom stereocenters. The second-order valence-electron chi connectivity index (χ2n) is 3.91. The molecule has 2 aromatic rings. The number of rotatable bonds is 2. The van der Waals surface area contributed by atoms with Crippen LogP contribution < -0.4 is 0 Å². The number of halogens is 2. The first kappa shape index (κ1) is 12.6. The Balaban J connectivity index is 2.51. The number of hydrogen-bond donors (Lipinski definition) is 1. The molecule has 2 aromatic carbocycles. The monoisotopic (exact) mass is 310 g/mol. The van der Waals surface area contributed by atoms with E-state index in [9.17, 15) is 5.11 Å². The minimum absolute atomic E-state index is 0.607. The van der Waals surface area contributed by atoms with Crippen LogP contribution in [0, 0.1) is 6.92 Å². The molecule has 0 aliphatic heterocycles. The maximum atomic E-state index is 10.4. The SMILES string of the molecule is Cc1ccc(Br)c(C(O)c2ccccc2)c1Cl. The number of aliphatic hydroxyl groups is 1. The van der Waals surface area contributed by atoms with Crippen molar-refractivity contribution in [3.8, 4) is 0 Å². The van der Waals surface area contributed by atoms with Crippen LogP contribution >= 0.6 is 27.5 Å². The van der Waals surface area contributed by atoms with Crippen LogP contribution in [0.4, 0.5) is 0 Å². The van der Waals surface area contributed by atoms with E-state index in [-0.39, 0.29) is 0 Å². The summed E-state index contributed by atoms with van der Waals surface area (Å²) in [6.45, 7) is 1.93. The second-order valence-corrected chi connectivity index (χ2v) is 5.14. The van der Waals surface area contributed by atoms with Crippen molar-refractivity contribution in [3.63, 3.8) is 0 Å². The Morgan fingerprint density at radius 1 is 1.12 bits per heavy atom. The van der Waals surface area contributed by atoms with Gasteiger partial charge in [-0.15, -0.1) is 0 Å². The van der Waals surface area contributed by atoms with Crippen molar-refractivity contribution in [2.45, 2.75) is 13.0 Å². The summed E-state index contributed by atoms with van der Waals surface area (Å²) >= 11 is 9.69. The molecular weight excluding hydrogens is 300 g/mol. The molecule has 17 heavy (non-hydrogen) atoms. The van der Waals surface area contributed by atoms with Crippen molar-refractivity contribution < 1.29 is 5.11 Å².